The third-order valence-electron chi connectivity index (χ3n) is 4.67. The number of nitrogens with zero attached hydrogens (tertiary/aromatic N) is 3. The minimum atomic E-state index is -0.193. The Hall–Kier alpha value is -3.35. The van der Waals surface area contributed by atoms with Gasteiger partial charge in [-0.1, -0.05) is 30.3 Å². The predicted molar refractivity (Wildman–Crippen MR) is 101 cm³/mol. The second-order valence-corrected chi connectivity index (χ2v) is 6.53. The minimum absolute atomic E-state index is 0.0410. The molecule has 3 heterocycles. The van der Waals surface area contributed by atoms with E-state index in [1.165, 1.54) is 4.68 Å². The van der Waals surface area contributed by atoms with Gasteiger partial charge in [0.05, 0.1) is 17.8 Å². The monoisotopic (exact) mass is 364 g/mol. The van der Waals surface area contributed by atoms with Gasteiger partial charge in [-0.3, -0.25) is 14.0 Å². The summed E-state index contributed by atoms with van der Waals surface area (Å²) in [5.41, 5.74) is 2.85. The first-order valence-electron chi connectivity index (χ1n) is 8.92. The Balaban J connectivity index is 1.38. The fourth-order valence-electron chi connectivity index (χ4n) is 3.22. The van der Waals surface area contributed by atoms with E-state index in [0.29, 0.717) is 30.5 Å². The van der Waals surface area contributed by atoms with Gasteiger partial charge in [-0.05, 0) is 18.9 Å². The molecule has 1 amide bonds. The van der Waals surface area contributed by atoms with Crippen LogP contribution in [-0.4, -0.2) is 20.1 Å². The van der Waals surface area contributed by atoms with Crippen molar-refractivity contribution in [3.05, 3.63) is 71.0 Å². The van der Waals surface area contributed by atoms with Crippen LogP contribution in [0.5, 0.6) is 0 Å². The van der Waals surface area contributed by atoms with Gasteiger partial charge >= 0.3 is 0 Å². The van der Waals surface area contributed by atoms with E-state index >= 15 is 0 Å². The van der Waals surface area contributed by atoms with Crippen LogP contribution in [0, 0.1) is 0 Å². The Kier molecular flexibility index (Phi) is 4.50. The first kappa shape index (κ1) is 17.1. The van der Waals surface area contributed by atoms with Gasteiger partial charge in [0.2, 0.25) is 5.91 Å². The summed E-state index contributed by atoms with van der Waals surface area (Å²) >= 11 is 0. The molecule has 4 aromatic rings. The van der Waals surface area contributed by atoms with Crippen LogP contribution in [-0.2, 0) is 11.3 Å². The van der Waals surface area contributed by atoms with Crippen molar-refractivity contribution in [2.24, 2.45) is 0 Å². The number of fused-ring (bicyclic) bond motifs is 3. The molecule has 7 heteroatoms. The first-order chi connectivity index (χ1) is 13.1. The lowest BCUT2D eigenvalue weighted by molar-refractivity contribution is -0.121. The number of rotatable bonds is 6. The molecule has 0 radical (unpaired) electrons. The topological polar surface area (TPSA) is 81.5 Å². The zero-order chi connectivity index (χ0) is 18.8. The van der Waals surface area contributed by atoms with E-state index in [2.05, 4.69) is 10.4 Å². The van der Waals surface area contributed by atoms with E-state index < -0.39 is 0 Å². The normalized spacial score (nSPS) is 12.5. The van der Waals surface area contributed by atoms with Gasteiger partial charge in [0.15, 0.2) is 5.58 Å². The standard InChI is InChI=1S/C20H20N4O3/c1-14(15-6-3-2-4-7-15)22-19(25)8-5-10-24-20(26)17-12-18-16(9-11-27-18)23(17)13-21-24/h2-4,6-7,9,11-14H,5,8,10H2,1H3,(H,22,25)/t14-/m0/s1. The molecule has 3 aromatic heterocycles. The molecule has 27 heavy (non-hydrogen) atoms. The Morgan fingerprint density at radius 1 is 1.22 bits per heavy atom. The van der Waals surface area contributed by atoms with Crippen molar-refractivity contribution in [2.45, 2.75) is 32.4 Å². The summed E-state index contributed by atoms with van der Waals surface area (Å²) in [6.45, 7) is 2.34. The number of nitrogens with one attached hydrogen (secondary N) is 1. The zero-order valence-electron chi connectivity index (χ0n) is 15.0. The first-order valence-corrected chi connectivity index (χ1v) is 8.92. The van der Waals surface area contributed by atoms with Crippen LogP contribution in [0.4, 0.5) is 0 Å². The number of aromatic nitrogens is 3. The van der Waals surface area contributed by atoms with E-state index in [0.717, 1.165) is 11.1 Å². The molecule has 0 fully saturated rings. The van der Waals surface area contributed by atoms with E-state index in [1.807, 2.05) is 37.3 Å². The molecule has 0 aliphatic heterocycles. The average molecular weight is 364 g/mol. The molecule has 0 saturated heterocycles. The number of carbonyl (C=O) groups is 1. The van der Waals surface area contributed by atoms with Gasteiger partial charge < -0.3 is 9.73 Å². The van der Waals surface area contributed by atoms with Crippen molar-refractivity contribution in [1.29, 1.82) is 0 Å². The maximum absolute atomic E-state index is 12.6. The molecular formula is C20H20N4O3. The lowest BCUT2D eigenvalue weighted by Gasteiger charge is -2.14. The Morgan fingerprint density at radius 3 is 2.85 bits per heavy atom. The lowest BCUT2D eigenvalue weighted by atomic mass is 10.1. The average Bonchev–Trinajstić information content (AvgIpc) is 3.26. The summed E-state index contributed by atoms with van der Waals surface area (Å²) in [4.78, 5) is 24.7. The number of hydrogen-bond acceptors (Lipinski definition) is 4. The molecule has 1 N–H and O–H groups in total. The van der Waals surface area contributed by atoms with Gasteiger partial charge in [-0.15, -0.1) is 0 Å². The summed E-state index contributed by atoms with van der Waals surface area (Å²) in [6.07, 6.45) is 4.05. The molecule has 1 aromatic carbocycles. The van der Waals surface area contributed by atoms with Crippen LogP contribution < -0.4 is 10.9 Å². The number of hydrogen-bond donors (Lipinski definition) is 1. The van der Waals surface area contributed by atoms with Crippen LogP contribution in [0.2, 0.25) is 0 Å². The Bertz CT molecular complexity index is 1140. The summed E-state index contributed by atoms with van der Waals surface area (Å²) < 4.78 is 8.44. The third kappa shape index (κ3) is 3.36. The highest BCUT2D eigenvalue weighted by atomic mass is 16.3. The highest BCUT2D eigenvalue weighted by Crippen LogP contribution is 2.18. The summed E-state index contributed by atoms with van der Waals surface area (Å²) in [5.74, 6) is -0.0410. The largest absolute Gasteiger partial charge is 0.463 e. The van der Waals surface area contributed by atoms with E-state index in [-0.39, 0.29) is 17.5 Å². The molecule has 4 rings (SSSR count). The SMILES string of the molecule is C[C@H](NC(=O)CCCn1ncn2c(cc3occc32)c1=O)c1ccccc1. The molecule has 0 saturated carbocycles. The fourth-order valence-corrected chi connectivity index (χ4v) is 3.22. The van der Waals surface area contributed by atoms with Gasteiger partial charge in [-0.2, -0.15) is 5.10 Å². The van der Waals surface area contributed by atoms with E-state index in [1.54, 1.807) is 29.1 Å². The smallest absolute Gasteiger partial charge is 0.291 e. The maximum atomic E-state index is 12.6. The van der Waals surface area contributed by atoms with Gasteiger partial charge in [-0.25, -0.2) is 4.68 Å². The molecule has 1 atom stereocenters. The number of aryl methyl sites for hydroxylation is 1. The highest BCUT2D eigenvalue weighted by molar-refractivity contribution is 5.81. The summed E-state index contributed by atoms with van der Waals surface area (Å²) in [6, 6.07) is 13.3. The van der Waals surface area contributed by atoms with E-state index in [9.17, 15) is 9.59 Å². The van der Waals surface area contributed by atoms with Gasteiger partial charge in [0.1, 0.15) is 11.8 Å². The quantitative estimate of drug-likeness (QED) is 0.570. The minimum Gasteiger partial charge on any atom is -0.463 e. The second kappa shape index (κ2) is 7.11. The van der Waals surface area contributed by atoms with Crippen LogP contribution in [0.1, 0.15) is 31.4 Å². The van der Waals surface area contributed by atoms with Gasteiger partial charge in [0, 0.05) is 25.1 Å². The van der Waals surface area contributed by atoms with Crippen molar-refractivity contribution < 1.29 is 9.21 Å². The number of furan rings is 1. The van der Waals surface area contributed by atoms with Crippen molar-refractivity contribution in [3.8, 4) is 0 Å². The van der Waals surface area contributed by atoms with Crippen molar-refractivity contribution >= 4 is 22.5 Å². The number of amides is 1. The zero-order valence-corrected chi connectivity index (χ0v) is 15.0. The summed E-state index contributed by atoms with van der Waals surface area (Å²) in [7, 11) is 0. The number of benzene rings is 1. The molecule has 0 bridgehead atoms. The van der Waals surface area contributed by atoms with Crippen LogP contribution in [0.15, 0.2) is 64.3 Å². The molecule has 0 unspecified atom stereocenters. The Morgan fingerprint density at radius 2 is 2.04 bits per heavy atom. The fraction of sp³-hybridized carbons (Fsp3) is 0.250. The molecule has 7 nitrogen and oxygen atoms in total. The third-order valence-corrected chi connectivity index (χ3v) is 4.67. The second-order valence-electron chi connectivity index (χ2n) is 6.53. The molecule has 0 aliphatic carbocycles. The molecule has 138 valence electrons. The van der Waals surface area contributed by atoms with Crippen molar-refractivity contribution in [3.63, 3.8) is 0 Å². The van der Waals surface area contributed by atoms with Crippen molar-refractivity contribution in [2.75, 3.05) is 0 Å². The van der Waals surface area contributed by atoms with Crippen LogP contribution in [0.25, 0.3) is 16.6 Å². The molecule has 0 spiro atoms. The molecular weight excluding hydrogens is 344 g/mol. The van der Waals surface area contributed by atoms with Crippen molar-refractivity contribution in [1.82, 2.24) is 19.5 Å². The number of carbonyl (C=O) groups excluding carboxylic acids is 1. The maximum Gasteiger partial charge on any atom is 0.291 e. The van der Waals surface area contributed by atoms with Crippen LogP contribution >= 0.6 is 0 Å². The van der Waals surface area contributed by atoms with E-state index in [4.69, 9.17) is 4.42 Å². The van der Waals surface area contributed by atoms with Gasteiger partial charge in [0.25, 0.3) is 5.56 Å². The van der Waals surface area contributed by atoms with Crippen LogP contribution in [0.3, 0.4) is 0 Å². The Labute approximate surface area is 155 Å². The lowest BCUT2D eigenvalue weighted by Crippen LogP contribution is -2.28. The predicted octanol–water partition coefficient (Wildman–Crippen LogP) is 2.90. The highest BCUT2D eigenvalue weighted by Gasteiger charge is 2.12. The summed E-state index contributed by atoms with van der Waals surface area (Å²) in [5, 5.41) is 7.19. The molecule has 0 aliphatic rings.